The summed E-state index contributed by atoms with van der Waals surface area (Å²) in [6.07, 6.45) is 1.60. The van der Waals surface area contributed by atoms with Crippen LogP contribution in [0.3, 0.4) is 0 Å². The zero-order chi connectivity index (χ0) is 15.4. The summed E-state index contributed by atoms with van der Waals surface area (Å²) in [7, 11) is 1.76. The Morgan fingerprint density at radius 3 is 2.68 bits per heavy atom. The molecule has 1 amide bonds. The highest BCUT2D eigenvalue weighted by Crippen LogP contribution is 2.27. The lowest BCUT2D eigenvalue weighted by Gasteiger charge is -2.26. The molecule has 1 aromatic heterocycles. The van der Waals surface area contributed by atoms with Crippen LogP contribution in [-0.2, 0) is 6.54 Å². The van der Waals surface area contributed by atoms with E-state index in [2.05, 4.69) is 4.98 Å². The Kier molecular flexibility index (Phi) is 6.81. The summed E-state index contributed by atoms with van der Waals surface area (Å²) in [4.78, 5) is 18.3. The first-order valence-electron chi connectivity index (χ1n) is 6.71. The molecule has 0 radical (unpaired) electrons. The van der Waals surface area contributed by atoms with E-state index in [1.165, 1.54) is 0 Å². The Hall–Kier alpha value is -1.62. The summed E-state index contributed by atoms with van der Waals surface area (Å²) >= 11 is 6.20. The highest BCUT2D eigenvalue weighted by molar-refractivity contribution is 6.31. The molecule has 2 N–H and O–H groups in total. The number of rotatable bonds is 4. The SMILES string of the molecule is CC(c1ccccc1Cl)N(C)C(=O)c1ccnc(CN)c1.Cl. The summed E-state index contributed by atoms with van der Waals surface area (Å²) in [6.45, 7) is 2.26. The molecule has 0 fully saturated rings. The van der Waals surface area contributed by atoms with Crippen LogP contribution in [-0.4, -0.2) is 22.8 Å². The minimum Gasteiger partial charge on any atom is -0.335 e. The average Bonchev–Trinajstić information content (AvgIpc) is 2.53. The number of pyridine rings is 1. The van der Waals surface area contributed by atoms with Crippen LogP contribution in [0.25, 0.3) is 0 Å². The molecule has 0 spiro atoms. The molecule has 1 heterocycles. The molecular weight excluding hydrogens is 321 g/mol. The van der Waals surface area contributed by atoms with Gasteiger partial charge in [0.25, 0.3) is 5.91 Å². The van der Waals surface area contributed by atoms with Crippen LogP contribution >= 0.6 is 24.0 Å². The fourth-order valence-electron chi connectivity index (χ4n) is 2.12. The van der Waals surface area contributed by atoms with Crippen LogP contribution in [0, 0.1) is 0 Å². The minimum atomic E-state index is -0.124. The number of carbonyl (C=O) groups is 1. The maximum Gasteiger partial charge on any atom is 0.254 e. The van der Waals surface area contributed by atoms with Gasteiger partial charge in [-0.05, 0) is 30.7 Å². The molecule has 0 aliphatic heterocycles. The van der Waals surface area contributed by atoms with Crippen molar-refractivity contribution in [2.45, 2.75) is 19.5 Å². The van der Waals surface area contributed by atoms with Crippen LogP contribution in [0.5, 0.6) is 0 Å². The van der Waals surface area contributed by atoms with Crippen molar-refractivity contribution >= 4 is 29.9 Å². The number of hydrogen-bond donors (Lipinski definition) is 1. The highest BCUT2D eigenvalue weighted by atomic mass is 35.5. The van der Waals surface area contributed by atoms with Crippen LogP contribution in [0.15, 0.2) is 42.6 Å². The van der Waals surface area contributed by atoms with Gasteiger partial charge in [0.1, 0.15) is 0 Å². The second-order valence-electron chi connectivity index (χ2n) is 4.85. The molecule has 0 saturated carbocycles. The Labute approximate surface area is 141 Å². The molecular formula is C16H19Cl2N3O. The van der Waals surface area contributed by atoms with E-state index in [1.807, 2.05) is 31.2 Å². The Bertz CT molecular complexity index is 649. The van der Waals surface area contributed by atoms with Crippen molar-refractivity contribution in [3.05, 3.63) is 64.4 Å². The van der Waals surface area contributed by atoms with Crippen LogP contribution in [0.2, 0.25) is 5.02 Å². The van der Waals surface area contributed by atoms with Crippen molar-refractivity contribution in [1.82, 2.24) is 9.88 Å². The predicted octanol–water partition coefficient (Wildman–Crippen LogP) is 3.45. The van der Waals surface area contributed by atoms with E-state index in [-0.39, 0.29) is 24.4 Å². The number of halogens is 2. The minimum absolute atomic E-state index is 0. The van der Waals surface area contributed by atoms with Crippen molar-refractivity contribution in [1.29, 1.82) is 0 Å². The third-order valence-electron chi connectivity index (χ3n) is 3.53. The van der Waals surface area contributed by atoms with Gasteiger partial charge in [0.05, 0.1) is 11.7 Å². The predicted molar refractivity (Wildman–Crippen MR) is 91.3 cm³/mol. The molecule has 22 heavy (non-hydrogen) atoms. The molecule has 118 valence electrons. The zero-order valence-electron chi connectivity index (χ0n) is 12.5. The van der Waals surface area contributed by atoms with Gasteiger partial charge in [-0.3, -0.25) is 9.78 Å². The molecule has 2 aromatic rings. The van der Waals surface area contributed by atoms with E-state index in [0.29, 0.717) is 22.8 Å². The number of benzene rings is 1. The first kappa shape index (κ1) is 18.4. The lowest BCUT2D eigenvalue weighted by atomic mass is 10.1. The molecule has 4 nitrogen and oxygen atoms in total. The maximum atomic E-state index is 12.6. The molecule has 1 aromatic carbocycles. The number of carbonyl (C=O) groups excluding carboxylic acids is 1. The normalized spacial score (nSPS) is 11.5. The lowest BCUT2D eigenvalue weighted by Crippen LogP contribution is -2.30. The summed E-state index contributed by atoms with van der Waals surface area (Å²) in [5.41, 5.74) is 7.75. The third-order valence-corrected chi connectivity index (χ3v) is 3.87. The quantitative estimate of drug-likeness (QED) is 0.927. The van der Waals surface area contributed by atoms with E-state index in [9.17, 15) is 4.79 Å². The molecule has 0 saturated heterocycles. The van der Waals surface area contributed by atoms with Gasteiger partial charge in [0.15, 0.2) is 0 Å². The fourth-order valence-corrected chi connectivity index (χ4v) is 2.42. The number of nitrogens with zero attached hydrogens (tertiary/aromatic N) is 2. The van der Waals surface area contributed by atoms with Crippen molar-refractivity contribution in [3.8, 4) is 0 Å². The largest absolute Gasteiger partial charge is 0.335 e. The van der Waals surface area contributed by atoms with Gasteiger partial charge in [-0.2, -0.15) is 0 Å². The van der Waals surface area contributed by atoms with Crippen LogP contribution in [0.4, 0.5) is 0 Å². The second-order valence-corrected chi connectivity index (χ2v) is 5.26. The second kappa shape index (κ2) is 8.13. The lowest BCUT2D eigenvalue weighted by molar-refractivity contribution is 0.0742. The molecule has 1 atom stereocenters. The highest BCUT2D eigenvalue weighted by Gasteiger charge is 2.20. The van der Waals surface area contributed by atoms with Gasteiger partial charge in [0.2, 0.25) is 0 Å². The van der Waals surface area contributed by atoms with Gasteiger partial charge in [-0.1, -0.05) is 29.8 Å². The van der Waals surface area contributed by atoms with Gasteiger partial charge in [-0.25, -0.2) is 0 Å². The topological polar surface area (TPSA) is 59.2 Å². The van der Waals surface area contributed by atoms with Crippen molar-refractivity contribution in [2.75, 3.05) is 7.05 Å². The fraction of sp³-hybridized carbons (Fsp3) is 0.250. The first-order valence-corrected chi connectivity index (χ1v) is 7.09. The van der Waals surface area contributed by atoms with Crippen molar-refractivity contribution in [2.24, 2.45) is 5.73 Å². The monoisotopic (exact) mass is 339 g/mol. The Balaban J connectivity index is 0.00000242. The first-order chi connectivity index (χ1) is 10.0. The van der Waals surface area contributed by atoms with E-state index >= 15 is 0 Å². The van der Waals surface area contributed by atoms with Gasteiger partial charge >= 0.3 is 0 Å². The van der Waals surface area contributed by atoms with Gasteiger partial charge in [0, 0.05) is 30.4 Å². The molecule has 0 bridgehead atoms. The molecule has 0 aliphatic rings. The van der Waals surface area contributed by atoms with E-state index in [1.54, 1.807) is 30.3 Å². The Morgan fingerprint density at radius 1 is 1.36 bits per heavy atom. The number of hydrogen-bond acceptors (Lipinski definition) is 3. The van der Waals surface area contributed by atoms with Crippen LogP contribution < -0.4 is 5.73 Å². The third kappa shape index (κ3) is 3.97. The van der Waals surface area contributed by atoms with Crippen molar-refractivity contribution in [3.63, 3.8) is 0 Å². The molecule has 1 unspecified atom stereocenters. The van der Waals surface area contributed by atoms with Gasteiger partial charge < -0.3 is 10.6 Å². The Morgan fingerprint density at radius 2 is 2.05 bits per heavy atom. The molecule has 6 heteroatoms. The smallest absolute Gasteiger partial charge is 0.254 e. The summed E-state index contributed by atoms with van der Waals surface area (Å²) < 4.78 is 0. The summed E-state index contributed by atoms with van der Waals surface area (Å²) in [5.74, 6) is -0.0838. The van der Waals surface area contributed by atoms with Gasteiger partial charge in [-0.15, -0.1) is 12.4 Å². The van der Waals surface area contributed by atoms with E-state index in [4.69, 9.17) is 17.3 Å². The maximum absolute atomic E-state index is 12.6. The van der Waals surface area contributed by atoms with E-state index < -0.39 is 0 Å². The molecule has 0 aliphatic carbocycles. The average molecular weight is 340 g/mol. The number of aromatic nitrogens is 1. The molecule has 2 rings (SSSR count). The van der Waals surface area contributed by atoms with Crippen molar-refractivity contribution < 1.29 is 4.79 Å². The summed E-state index contributed by atoms with van der Waals surface area (Å²) in [5, 5.41) is 0.655. The van der Waals surface area contributed by atoms with E-state index in [0.717, 1.165) is 5.56 Å². The number of amides is 1. The van der Waals surface area contributed by atoms with Crippen LogP contribution in [0.1, 0.15) is 34.6 Å². The zero-order valence-corrected chi connectivity index (χ0v) is 14.1. The number of nitrogens with two attached hydrogens (primary N) is 1. The standard InChI is InChI=1S/C16H18ClN3O.ClH/c1-11(14-5-3-4-6-15(14)17)20(2)16(21)12-7-8-19-13(9-12)10-18;/h3-9,11H,10,18H2,1-2H3;1H. The summed E-state index contributed by atoms with van der Waals surface area (Å²) in [6, 6.07) is 10.8.